The van der Waals surface area contributed by atoms with E-state index in [-0.39, 0.29) is 11.8 Å². The number of anilines is 1. The molecule has 0 radical (unpaired) electrons. The standard InChI is InChI=1S/C23H19BrN6O2/c1-13-21-16(15-8-9-19(32-2)17(24)10-15)11-20(31)27-22(21)30(29-13)23-26-18(12-25-28-23)14-6-4-3-5-7-14/h3-10,12,16H,11H2,1-2H3,(H,27,31)/t16-/m1/s1. The zero-order chi connectivity index (χ0) is 22.2. The first kappa shape index (κ1) is 20.3. The number of rotatable bonds is 4. The number of hydrogen-bond donors (Lipinski definition) is 1. The normalized spacial score (nSPS) is 15.2. The molecule has 8 nitrogen and oxygen atoms in total. The van der Waals surface area contributed by atoms with Gasteiger partial charge in [-0.25, -0.2) is 4.98 Å². The smallest absolute Gasteiger partial charge is 0.272 e. The SMILES string of the molecule is COc1ccc([C@H]2CC(=O)Nc3c2c(C)nn3-c2nncc(-c3ccccc3)n2)cc1Br. The number of nitrogens with zero attached hydrogens (tertiary/aromatic N) is 5. The number of aromatic nitrogens is 5. The molecule has 2 aromatic heterocycles. The molecule has 160 valence electrons. The fourth-order valence-corrected chi connectivity index (χ4v) is 4.57. The van der Waals surface area contributed by atoms with Crippen molar-refractivity contribution in [3.05, 3.63) is 76.0 Å². The Morgan fingerprint density at radius 1 is 1.19 bits per heavy atom. The van der Waals surface area contributed by atoms with Gasteiger partial charge in [0.15, 0.2) is 0 Å². The number of benzene rings is 2. The number of carbonyl (C=O) groups excluding carboxylic acids is 1. The molecule has 1 atom stereocenters. The maximum atomic E-state index is 12.7. The number of fused-ring (bicyclic) bond motifs is 1. The molecule has 0 saturated carbocycles. The number of nitrogens with one attached hydrogen (secondary N) is 1. The quantitative estimate of drug-likeness (QED) is 0.458. The first-order chi connectivity index (χ1) is 15.5. The lowest BCUT2D eigenvalue weighted by Crippen LogP contribution is -2.25. The summed E-state index contributed by atoms with van der Waals surface area (Å²) in [5, 5.41) is 15.9. The van der Waals surface area contributed by atoms with Gasteiger partial charge in [-0.05, 0) is 40.5 Å². The van der Waals surface area contributed by atoms with Crippen molar-refractivity contribution in [1.82, 2.24) is 25.0 Å². The van der Waals surface area contributed by atoms with E-state index in [2.05, 4.69) is 41.5 Å². The lowest BCUT2D eigenvalue weighted by molar-refractivity contribution is -0.116. The van der Waals surface area contributed by atoms with Crippen LogP contribution in [0.3, 0.4) is 0 Å². The maximum absolute atomic E-state index is 12.7. The van der Waals surface area contributed by atoms with Crippen molar-refractivity contribution < 1.29 is 9.53 Å². The Hall–Kier alpha value is -3.59. The topological polar surface area (TPSA) is 94.8 Å². The Morgan fingerprint density at radius 3 is 2.75 bits per heavy atom. The third-order valence-corrected chi connectivity index (χ3v) is 6.11. The van der Waals surface area contributed by atoms with Crippen molar-refractivity contribution >= 4 is 27.7 Å². The van der Waals surface area contributed by atoms with E-state index >= 15 is 0 Å². The van der Waals surface area contributed by atoms with Crippen LogP contribution in [0.2, 0.25) is 0 Å². The van der Waals surface area contributed by atoms with Crippen molar-refractivity contribution in [2.45, 2.75) is 19.3 Å². The Balaban J connectivity index is 1.61. The van der Waals surface area contributed by atoms with E-state index < -0.39 is 0 Å². The van der Waals surface area contributed by atoms with Crippen molar-refractivity contribution in [2.75, 3.05) is 12.4 Å². The molecule has 0 aliphatic carbocycles. The number of carbonyl (C=O) groups is 1. The van der Waals surface area contributed by atoms with Crippen LogP contribution in [0.15, 0.2) is 59.2 Å². The molecular weight excluding hydrogens is 472 g/mol. The molecule has 1 aliphatic rings. The molecule has 32 heavy (non-hydrogen) atoms. The minimum atomic E-state index is -0.153. The second-order valence-corrected chi connectivity index (χ2v) is 8.32. The summed E-state index contributed by atoms with van der Waals surface area (Å²) in [6, 6.07) is 15.6. The van der Waals surface area contributed by atoms with Crippen LogP contribution in [-0.4, -0.2) is 38.0 Å². The number of aryl methyl sites for hydroxylation is 1. The third-order valence-electron chi connectivity index (χ3n) is 5.49. The van der Waals surface area contributed by atoms with Gasteiger partial charge in [-0.1, -0.05) is 36.4 Å². The van der Waals surface area contributed by atoms with E-state index in [4.69, 9.17) is 4.74 Å². The Labute approximate surface area is 192 Å². The van der Waals surface area contributed by atoms with Gasteiger partial charge in [0.25, 0.3) is 5.95 Å². The van der Waals surface area contributed by atoms with E-state index in [0.29, 0.717) is 23.9 Å². The molecule has 3 heterocycles. The highest BCUT2D eigenvalue weighted by Gasteiger charge is 2.33. The fourth-order valence-electron chi connectivity index (χ4n) is 4.01. The van der Waals surface area contributed by atoms with Gasteiger partial charge in [0, 0.05) is 23.5 Å². The van der Waals surface area contributed by atoms with Gasteiger partial charge in [-0.15, -0.1) is 5.10 Å². The first-order valence-corrected chi connectivity index (χ1v) is 10.8. The summed E-state index contributed by atoms with van der Waals surface area (Å²) in [6.07, 6.45) is 1.93. The predicted octanol–water partition coefficient (Wildman–Crippen LogP) is 4.28. The minimum absolute atomic E-state index is 0.0947. The summed E-state index contributed by atoms with van der Waals surface area (Å²) in [5.41, 5.74) is 4.33. The summed E-state index contributed by atoms with van der Waals surface area (Å²) in [6.45, 7) is 1.92. The van der Waals surface area contributed by atoms with Crippen molar-refractivity contribution in [1.29, 1.82) is 0 Å². The molecule has 9 heteroatoms. The molecular formula is C23H19BrN6O2. The van der Waals surface area contributed by atoms with Gasteiger partial charge in [0.05, 0.1) is 29.2 Å². The molecule has 0 saturated heterocycles. The Bertz CT molecular complexity index is 1320. The van der Waals surface area contributed by atoms with Gasteiger partial charge in [-0.3, -0.25) is 4.79 Å². The van der Waals surface area contributed by atoms with E-state index in [1.807, 2.05) is 55.5 Å². The van der Waals surface area contributed by atoms with Crippen LogP contribution >= 0.6 is 15.9 Å². The monoisotopic (exact) mass is 490 g/mol. The van der Waals surface area contributed by atoms with E-state index in [1.54, 1.807) is 18.0 Å². The van der Waals surface area contributed by atoms with Crippen LogP contribution in [-0.2, 0) is 4.79 Å². The van der Waals surface area contributed by atoms with Gasteiger partial charge in [0.2, 0.25) is 5.91 Å². The third kappa shape index (κ3) is 3.54. The van der Waals surface area contributed by atoms with Crippen molar-refractivity contribution in [3.8, 4) is 23.0 Å². The first-order valence-electron chi connectivity index (χ1n) is 10.0. The zero-order valence-electron chi connectivity index (χ0n) is 17.4. The molecule has 5 rings (SSSR count). The average Bonchev–Trinajstić information content (AvgIpc) is 3.15. The number of ether oxygens (including phenoxy) is 1. The number of hydrogen-bond acceptors (Lipinski definition) is 6. The highest BCUT2D eigenvalue weighted by Crippen LogP contribution is 2.41. The van der Waals surface area contributed by atoms with Crippen LogP contribution in [0.25, 0.3) is 17.2 Å². The Morgan fingerprint density at radius 2 is 2.00 bits per heavy atom. The fraction of sp³-hybridized carbons (Fsp3) is 0.174. The van der Waals surface area contributed by atoms with Crippen LogP contribution in [0, 0.1) is 6.92 Å². The summed E-state index contributed by atoms with van der Waals surface area (Å²) in [4.78, 5) is 17.3. The molecule has 4 aromatic rings. The summed E-state index contributed by atoms with van der Waals surface area (Å²) in [7, 11) is 1.62. The van der Waals surface area contributed by atoms with Crippen LogP contribution in [0.4, 0.5) is 5.82 Å². The second kappa shape index (κ2) is 8.16. The lowest BCUT2D eigenvalue weighted by Gasteiger charge is -2.24. The van der Waals surface area contributed by atoms with Gasteiger partial charge < -0.3 is 10.1 Å². The molecule has 0 spiro atoms. The molecule has 2 aromatic carbocycles. The zero-order valence-corrected chi connectivity index (χ0v) is 19.0. The maximum Gasteiger partial charge on any atom is 0.272 e. The van der Waals surface area contributed by atoms with Crippen LogP contribution in [0.1, 0.15) is 29.2 Å². The molecule has 0 unspecified atom stereocenters. The van der Waals surface area contributed by atoms with Crippen molar-refractivity contribution in [3.63, 3.8) is 0 Å². The highest BCUT2D eigenvalue weighted by molar-refractivity contribution is 9.10. The predicted molar refractivity (Wildman–Crippen MR) is 123 cm³/mol. The molecule has 1 aliphatic heterocycles. The number of amides is 1. The van der Waals surface area contributed by atoms with Crippen molar-refractivity contribution in [2.24, 2.45) is 0 Å². The summed E-state index contributed by atoms with van der Waals surface area (Å²) >= 11 is 3.54. The van der Waals surface area contributed by atoms with E-state index in [0.717, 1.165) is 32.6 Å². The van der Waals surface area contributed by atoms with Crippen LogP contribution < -0.4 is 10.1 Å². The second-order valence-electron chi connectivity index (χ2n) is 7.47. The molecule has 1 N–H and O–H groups in total. The minimum Gasteiger partial charge on any atom is -0.496 e. The highest BCUT2D eigenvalue weighted by atomic mass is 79.9. The summed E-state index contributed by atoms with van der Waals surface area (Å²) < 4.78 is 7.74. The van der Waals surface area contributed by atoms with Gasteiger partial charge in [0.1, 0.15) is 11.6 Å². The molecule has 0 bridgehead atoms. The van der Waals surface area contributed by atoms with Crippen LogP contribution in [0.5, 0.6) is 5.75 Å². The van der Waals surface area contributed by atoms with E-state index in [1.165, 1.54) is 0 Å². The lowest BCUT2D eigenvalue weighted by atomic mass is 9.86. The summed E-state index contributed by atoms with van der Waals surface area (Å²) in [5.74, 6) is 1.36. The van der Waals surface area contributed by atoms with E-state index in [9.17, 15) is 4.79 Å². The number of halogens is 1. The van der Waals surface area contributed by atoms with Gasteiger partial charge >= 0.3 is 0 Å². The molecule has 0 fully saturated rings. The largest absolute Gasteiger partial charge is 0.496 e. The molecule has 1 amide bonds. The average molecular weight is 491 g/mol. The number of methoxy groups -OCH3 is 1. The van der Waals surface area contributed by atoms with Gasteiger partial charge in [-0.2, -0.15) is 14.9 Å². The Kier molecular flexibility index (Phi) is 5.18.